The van der Waals surface area contributed by atoms with E-state index in [-0.39, 0.29) is 5.91 Å². The highest BCUT2D eigenvalue weighted by molar-refractivity contribution is 5.94. The second kappa shape index (κ2) is 6.60. The molecule has 0 unspecified atom stereocenters. The van der Waals surface area contributed by atoms with Crippen molar-refractivity contribution in [3.05, 3.63) is 59.4 Å². The van der Waals surface area contributed by atoms with Crippen LogP contribution in [0.25, 0.3) is 0 Å². The minimum Gasteiger partial charge on any atom is -0.487 e. The number of hydrogen-bond donors (Lipinski definition) is 0. The van der Waals surface area contributed by atoms with Crippen LogP contribution in [0.5, 0.6) is 5.75 Å². The molecule has 1 aromatic carbocycles. The number of hydrogen-bond acceptors (Lipinski definition) is 3. The van der Waals surface area contributed by atoms with Crippen LogP contribution in [0.4, 0.5) is 0 Å². The third-order valence-corrected chi connectivity index (χ3v) is 3.95. The van der Waals surface area contributed by atoms with Crippen molar-refractivity contribution in [2.24, 2.45) is 0 Å². The van der Waals surface area contributed by atoms with Crippen LogP contribution in [0.2, 0.25) is 0 Å². The lowest BCUT2D eigenvalue weighted by Crippen LogP contribution is -2.27. The Bertz CT molecular complexity index is 646. The van der Waals surface area contributed by atoms with Gasteiger partial charge >= 0.3 is 0 Å². The van der Waals surface area contributed by atoms with E-state index in [4.69, 9.17) is 4.74 Å². The average Bonchev–Trinajstić information content (AvgIpc) is 3.08. The van der Waals surface area contributed by atoms with Crippen molar-refractivity contribution in [1.82, 2.24) is 9.88 Å². The minimum absolute atomic E-state index is 0.132. The Labute approximate surface area is 130 Å². The fourth-order valence-corrected chi connectivity index (χ4v) is 2.63. The summed E-state index contributed by atoms with van der Waals surface area (Å²) in [6, 6.07) is 11.4. The molecular weight excluding hydrogens is 276 g/mol. The number of amides is 1. The number of rotatable bonds is 4. The van der Waals surface area contributed by atoms with Gasteiger partial charge in [-0.15, -0.1) is 0 Å². The van der Waals surface area contributed by atoms with Gasteiger partial charge in [0.1, 0.15) is 12.4 Å². The summed E-state index contributed by atoms with van der Waals surface area (Å²) in [4.78, 5) is 18.4. The van der Waals surface area contributed by atoms with Crippen LogP contribution in [-0.2, 0) is 6.61 Å². The summed E-state index contributed by atoms with van der Waals surface area (Å²) in [5.41, 5.74) is 2.67. The maximum absolute atomic E-state index is 12.3. The summed E-state index contributed by atoms with van der Waals surface area (Å²) in [5, 5.41) is 0. The first-order valence-electron chi connectivity index (χ1n) is 7.67. The van der Waals surface area contributed by atoms with E-state index in [0.717, 1.165) is 48.5 Å². The van der Waals surface area contributed by atoms with E-state index in [1.807, 2.05) is 48.2 Å². The third kappa shape index (κ3) is 3.27. The van der Waals surface area contributed by atoms with Gasteiger partial charge in [-0.2, -0.15) is 0 Å². The second-order valence-electron chi connectivity index (χ2n) is 5.57. The molecule has 3 rings (SSSR count). The summed E-state index contributed by atoms with van der Waals surface area (Å²) < 4.78 is 5.77. The number of aromatic nitrogens is 1. The highest BCUT2D eigenvalue weighted by atomic mass is 16.5. The Morgan fingerprint density at radius 2 is 1.91 bits per heavy atom. The summed E-state index contributed by atoms with van der Waals surface area (Å²) in [5.74, 6) is 0.924. The maximum Gasteiger partial charge on any atom is 0.253 e. The van der Waals surface area contributed by atoms with Crippen molar-refractivity contribution >= 4 is 5.91 Å². The maximum atomic E-state index is 12.3. The molecule has 1 saturated heterocycles. The van der Waals surface area contributed by atoms with Crippen LogP contribution >= 0.6 is 0 Å². The molecule has 1 aromatic heterocycles. The van der Waals surface area contributed by atoms with Crippen molar-refractivity contribution in [3.63, 3.8) is 0 Å². The Morgan fingerprint density at radius 3 is 2.59 bits per heavy atom. The monoisotopic (exact) mass is 296 g/mol. The zero-order valence-electron chi connectivity index (χ0n) is 12.8. The van der Waals surface area contributed by atoms with E-state index in [9.17, 15) is 4.79 Å². The zero-order valence-corrected chi connectivity index (χ0v) is 12.8. The molecule has 4 nitrogen and oxygen atoms in total. The highest BCUT2D eigenvalue weighted by Gasteiger charge is 2.19. The lowest BCUT2D eigenvalue weighted by Gasteiger charge is -2.15. The Kier molecular flexibility index (Phi) is 4.37. The van der Waals surface area contributed by atoms with Crippen LogP contribution in [0.3, 0.4) is 0 Å². The minimum atomic E-state index is 0.132. The predicted octanol–water partition coefficient (Wildman–Crippen LogP) is 3.21. The van der Waals surface area contributed by atoms with Crippen molar-refractivity contribution in [2.45, 2.75) is 26.4 Å². The van der Waals surface area contributed by atoms with E-state index in [1.54, 1.807) is 6.20 Å². The molecule has 1 amide bonds. The van der Waals surface area contributed by atoms with Crippen LogP contribution in [0.1, 0.15) is 34.5 Å². The number of benzene rings is 1. The molecule has 0 spiro atoms. The molecule has 0 radical (unpaired) electrons. The molecule has 1 aliphatic heterocycles. The molecule has 114 valence electrons. The van der Waals surface area contributed by atoms with Crippen LogP contribution < -0.4 is 4.74 Å². The Morgan fingerprint density at radius 1 is 1.18 bits per heavy atom. The first-order chi connectivity index (χ1) is 10.7. The van der Waals surface area contributed by atoms with Crippen molar-refractivity contribution in [1.29, 1.82) is 0 Å². The van der Waals surface area contributed by atoms with E-state index in [0.29, 0.717) is 6.61 Å². The Balaban J connectivity index is 1.62. The van der Waals surface area contributed by atoms with Gasteiger partial charge in [-0.05, 0) is 49.6 Å². The number of carbonyl (C=O) groups is 1. The first-order valence-corrected chi connectivity index (χ1v) is 7.67. The SMILES string of the molecule is Cc1ncccc1OCc1ccc(C(=O)N2CCCC2)cc1. The topological polar surface area (TPSA) is 42.4 Å². The fraction of sp³-hybridized carbons (Fsp3) is 0.333. The van der Waals surface area contributed by atoms with Gasteiger partial charge in [-0.3, -0.25) is 9.78 Å². The fourth-order valence-electron chi connectivity index (χ4n) is 2.63. The number of likely N-dealkylation sites (tertiary alicyclic amines) is 1. The van der Waals surface area contributed by atoms with Crippen LogP contribution in [-0.4, -0.2) is 28.9 Å². The largest absolute Gasteiger partial charge is 0.487 e. The Hall–Kier alpha value is -2.36. The molecule has 0 aliphatic carbocycles. The van der Waals surface area contributed by atoms with Gasteiger partial charge in [0.05, 0.1) is 5.69 Å². The molecular formula is C18H20N2O2. The number of nitrogens with zero attached hydrogens (tertiary/aromatic N) is 2. The molecule has 1 fully saturated rings. The van der Waals surface area contributed by atoms with Gasteiger partial charge in [0.2, 0.25) is 0 Å². The normalized spacial score (nSPS) is 14.1. The van der Waals surface area contributed by atoms with Crippen LogP contribution in [0.15, 0.2) is 42.6 Å². The van der Waals surface area contributed by atoms with Gasteiger partial charge in [-0.1, -0.05) is 12.1 Å². The van der Waals surface area contributed by atoms with Crippen molar-refractivity contribution in [3.8, 4) is 5.75 Å². The summed E-state index contributed by atoms with van der Waals surface area (Å²) in [7, 11) is 0. The van der Waals surface area contributed by atoms with Gasteiger partial charge in [0.15, 0.2) is 0 Å². The predicted molar refractivity (Wildman–Crippen MR) is 84.9 cm³/mol. The highest BCUT2D eigenvalue weighted by Crippen LogP contribution is 2.17. The number of pyridine rings is 1. The molecule has 0 bridgehead atoms. The molecule has 1 aliphatic rings. The van der Waals surface area contributed by atoms with Gasteiger partial charge in [-0.25, -0.2) is 0 Å². The quantitative estimate of drug-likeness (QED) is 0.870. The van der Waals surface area contributed by atoms with Gasteiger partial charge < -0.3 is 9.64 Å². The number of aryl methyl sites for hydroxylation is 1. The van der Waals surface area contributed by atoms with Gasteiger partial charge in [0.25, 0.3) is 5.91 Å². The lowest BCUT2D eigenvalue weighted by molar-refractivity contribution is 0.0793. The third-order valence-electron chi connectivity index (χ3n) is 3.95. The summed E-state index contributed by atoms with van der Waals surface area (Å²) in [6.07, 6.45) is 3.98. The van der Waals surface area contributed by atoms with E-state index < -0.39 is 0 Å². The smallest absolute Gasteiger partial charge is 0.253 e. The van der Waals surface area contributed by atoms with E-state index >= 15 is 0 Å². The van der Waals surface area contributed by atoms with E-state index in [1.165, 1.54) is 0 Å². The lowest BCUT2D eigenvalue weighted by atomic mass is 10.1. The molecule has 22 heavy (non-hydrogen) atoms. The molecule has 2 aromatic rings. The van der Waals surface area contributed by atoms with Crippen molar-refractivity contribution < 1.29 is 9.53 Å². The molecule has 0 atom stereocenters. The molecule has 0 N–H and O–H groups in total. The van der Waals surface area contributed by atoms with Crippen LogP contribution in [0, 0.1) is 6.92 Å². The zero-order chi connectivity index (χ0) is 15.4. The number of ether oxygens (including phenoxy) is 1. The number of carbonyl (C=O) groups excluding carboxylic acids is 1. The summed E-state index contributed by atoms with van der Waals surface area (Å²) >= 11 is 0. The average molecular weight is 296 g/mol. The second-order valence-corrected chi connectivity index (χ2v) is 5.57. The van der Waals surface area contributed by atoms with E-state index in [2.05, 4.69) is 4.98 Å². The molecule has 0 saturated carbocycles. The first kappa shape index (κ1) is 14.6. The molecule has 2 heterocycles. The van der Waals surface area contributed by atoms with Crippen molar-refractivity contribution in [2.75, 3.05) is 13.1 Å². The standard InChI is InChI=1S/C18H20N2O2/c1-14-17(5-4-10-19-14)22-13-15-6-8-16(9-7-15)18(21)20-11-2-3-12-20/h4-10H,2-3,11-13H2,1H3. The molecule has 4 heteroatoms. The summed E-state index contributed by atoms with van der Waals surface area (Å²) in [6.45, 7) is 4.16. The van der Waals surface area contributed by atoms with Gasteiger partial charge in [0, 0.05) is 24.8 Å².